The average Bonchev–Trinajstić information content (AvgIpc) is 2.58. The lowest BCUT2D eigenvalue weighted by atomic mass is 10.4. The highest BCUT2D eigenvalue weighted by Crippen LogP contribution is 2.05. The molecule has 1 aliphatic heterocycles. The van der Waals surface area contributed by atoms with E-state index < -0.39 is 0 Å². The second-order valence-electron chi connectivity index (χ2n) is 2.25. The predicted molar refractivity (Wildman–Crippen MR) is 34.5 cm³/mol. The van der Waals surface area contributed by atoms with E-state index in [0.29, 0.717) is 6.61 Å². The highest BCUT2D eigenvalue weighted by molar-refractivity contribution is 4.62. The van der Waals surface area contributed by atoms with Crippen molar-refractivity contribution >= 4 is 0 Å². The summed E-state index contributed by atoms with van der Waals surface area (Å²) in [6.07, 6.45) is 2.49. The van der Waals surface area contributed by atoms with Gasteiger partial charge in [0, 0.05) is 13.1 Å². The second-order valence-corrected chi connectivity index (χ2v) is 2.25. The summed E-state index contributed by atoms with van der Waals surface area (Å²) >= 11 is 0. The molecule has 1 aliphatic rings. The van der Waals surface area contributed by atoms with E-state index in [0.717, 1.165) is 13.1 Å². The van der Waals surface area contributed by atoms with Crippen molar-refractivity contribution in [2.45, 2.75) is 6.23 Å². The van der Waals surface area contributed by atoms with Gasteiger partial charge < -0.3 is 10.1 Å². The number of ether oxygens (including phenoxy) is 1. The quantitative estimate of drug-likeness (QED) is 0.538. The van der Waals surface area contributed by atoms with E-state index in [1.807, 2.05) is 0 Å². The molecule has 0 saturated carbocycles. The van der Waals surface area contributed by atoms with Gasteiger partial charge in [-0.25, -0.2) is 0 Å². The topological polar surface area (TPSA) is 64.9 Å². The van der Waals surface area contributed by atoms with Crippen molar-refractivity contribution in [2.24, 2.45) is 0 Å². The Morgan fingerprint density at radius 1 is 1.64 bits per heavy atom. The van der Waals surface area contributed by atoms with Crippen molar-refractivity contribution < 1.29 is 4.74 Å². The van der Waals surface area contributed by atoms with Crippen molar-refractivity contribution in [2.75, 3.05) is 19.7 Å². The van der Waals surface area contributed by atoms with Gasteiger partial charge in [-0.05, 0) is 10.4 Å². The Labute approximate surface area is 63.5 Å². The molecule has 1 radical (unpaired) electrons. The first kappa shape index (κ1) is 6.68. The van der Waals surface area contributed by atoms with Crippen LogP contribution in [0.2, 0.25) is 0 Å². The zero-order valence-corrected chi connectivity index (χ0v) is 5.90. The summed E-state index contributed by atoms with van der Waals surface area (Å²) in [4.78, 5) is 0. The van der Waals surface area contributed by atoms with Crippen LogP contribution in [-0.2, 0) is 4.74 Å². The molecule has 1 unspecified atom stereocenters. The van der Waals surface area contributed by atoms with Crippen molar-refractivity contribution in [1.82, 2.24) is 25.5 Å². The van der Waals surface area contributed by atoms with Gasteiger partial charge in [0.2, 0.25) is 6.33 Å². The van der Waals surface area contributed by atoms with Gasteiger partial charge in [-0.2, -0.15) is 4.68 Å². The number of nitrogens with zero attached hydrogens (tertiary/aromatic N) is 4. The summed E-state index contributed by atoms with van der Waals surface area (Å²) in [6, 6.07) is 0. The lowest BCUT2D eigenvalue weighted by Gasteiger charge is -2.22. The standard InChI is InChI=1S/C5H8N5O/c1-2-11-5(3-6-1)10-4-7-8-9-10/h5-6H,1-3H2. The lowest BCUT2D eigenvalue weighted by Crippen LogP contribution is -2.36. The minimum atomic E-state index is -0.0984. The zero-order chi connectivity index (χ0) is 7.52. The average molecular weight is 154 g/mol. The van der Waals surface area contributed by atoms with E-state index in [1.165, 1.54) is 4.68 Å². The van der Waals surface area contributed by atoms with Gasteiger partial charge in [-0.1, -0.05) is 0 Å². The SMILES string of the molecule is [c]1nnnn1C1CNCCO1. The third-order valence-electron chi connectivity index (χ3n) is 1.51. The van der Waals surface area contributed by atoms with Crippen LogP contribution in [0.5, 0.6) is 0 Å². The Morgan fingerprint density at radius 3 is 3.27 bits per heavy atom. The first-order chi connectivity index (χ1) is 5.47. The number of morpholine rings is 1. The molecule has 0 bridgehead atoms. The van der Waals surface area contributed by atoms with Crippen LogP contribution in [0.3, 0.4) is 0 Å². The molecule has 59 valence electrons. The first-order valence-corrected chi connectivity index (χ1v) is 3.45. The van der Waals surface area contributed by atoms with Crippen molar-refractivity contribution in [1.29, 1.82) is 0 Å². The molecule has 0 aromatic carbocycles. The third kappa shape index (κ3) is 1.36. The van der Waals surface area contributed by atoms with Gasteiger partial charge in [0.15, 0.2) is 6.23 Å². The van der Waals surface area contributed by atoms with E-state index in [9.17, 15) is 0 Å². The van der Waals surface area contributed by atoms with Crippen LogP contribution in [0, 0.1) is 6.33 Å². The summed E-state index contributed by atoms with van der Waals surface area (Å²) in [5.74, 6) is 0. The maximum absolute atomic E-state index is 5.35. The van der Waals surface area contributed by atoms with Crippen molar-refractivity contribution in [3.63, 3.8) is 0 Å². The molecule has 11 heavy (non-hydrogen) atoms. The van der Waals surface area contributed by atoms with Crippen LogP contribution in [0.4, 0.5) is 0 Å². The summed E-state index contributed by atoms with van der Waals surface area (Å²) in [6.45, 7) is 2.32. The fraction of sp³-hybridized carbons (Fsp3) is 0.800. The monoisotopic (exact) mass is 154 g/mol. The van der Waals surface area contributed by atoms with E-state index in [-0.39, 0.29) is 6.23 Å². The van der Waals surface area contributed by atoms with Crippen LogP contribution >= 0.6 is 0 Å². The maximum atomic E-state index is 5.35. The zero-order valence-electron chi connectivity index (χ0n) is 5.90. The molecule has 6 nitrogen and oxygen atoms in total. The number of hydrogen-bond donors (Lipinski definition) is 1. The molecule has 1 saturated heterocycles. The molecule has 1 aromatic rings. The highest BCUT2D eigenvalue weighted by atomic mass is 16.5. The predicted octanol–water partition coefficient (Wildman–Crippen LogP) is -1.41. The molecule has 1 fully saturated rings. The summed E-state index contributed by atoms with van der Waals surface area (Å²) in [7, 11) is 0. The Kier molecular flexibility index (Phi) is 1.78. The lowest BCUT2D eigenvalue weighted by molar-refractivity contribution is -0.0287. The smallest absolute Gasteiger partial charge is 0.224 e. The number of aromatic nitrogens is 4. The number of tetrazole rings is 1. The van der Waals surface area contributed by atoms with Gasteiger partial charge in [0.1, 0.15) is 0 Å². The third-order valence-corrected chi connectivity index (χ3v) is 1.51. The summed E-state index contributed by atoms with van der Waals surface area (Å²) < 4.78 is 6.83. The fourth-order valence-electron chi connectivity index (χ4n) is 0.980. The molecular weight excluding hydrogens is 146 g/mol. The molecule has 1 N–H and O–H groups in total. The van der Waals surface area contributed by atoms with E-state index in [4.69, 9.17) is 4.74 Å². The fourth-order valence-corrected chi connectivity index (χ4v) is 0.980. The summed E-state index contributed by atoms with van der Waals surface area (Å²) in [5, 5.41) is 13.7. The minimum absolute atomic E-state index is 0.0984. The van der Waals surface area contributed by atoms with E-state index in [1.54, 1.807) is 0 Å². The van der Waals surface area contributed by atoms with Crippen LogP contribution in [0.25, 0.3) is 0 Å². The molecule has 6 heteroatoms. The Hall–Kier alpha value is -1.01. The van der Waals surface area contributed by atoms with Crippen molar-refractivity contribution in [3.8, 4) is 0 Å². The Balaban J connectivity index is 2.04. The molecular formula is C5H8N5O. The van der Waals surface area contributed by atoms with Gasteiger partial charge in [-0.15, -0.1) is 5.10 Å². The summed E-state index contributed by atoms with van der Waals surface area (Å²) in [5.41, 5.74) is 0. The van der Waals surface area contributed by atoms with Gasteiger partial charge in [0.05, 0.1) is 6.61 Å². The van der Waals surface area contributed by atoms with Gasteiger partial charge in [-0.3, -0.25) is 0 Å². The van der Waals surface area contributed by atoms with Crippen molar-refractivity contribution in [3.05, 3.63) is 6.33 Å². The number of hydrogen-bond acceptors (Lipinski definition) is 5. The van der Waals surface area contributed by atoms with Crippen LogP contribution in [0.1, 0.15) is 6.23 Å². The molecule has 2 rings (SSSR count). The number of nitrogens with one attached hydrogen (secondary N) is 1. The first-order valence-electron chi connectivity index (χ1n) is 3.45. The largest absolute Gasteiger partial charge is 0.354 e. The minimum Gasteiger partial charge on any atom is -0.354 e. The van der Waals surface area contributed by atoms with Crippen LogP contribution in [-0.4, -0.2) is 39.9 Å². The normalized spacial score (nSPS) is 25.3. The molecule has 2 heterocycles. The van der Waals surface area contributed by atoms with Crippen LogP contribution < -0.4 is 5.32 Å². The van der Waals surface area contributed by atoms with Crippen LogP contribution in [0.15, 0.2) is 0 Å². The van der Waals surface area contributed by atoms with E-state index in [2.05, 4.69) is 27.2 Å². The molecule has 1 atom stereocenters. The highest BCUT2D eigenvalue weighted by Gasteiger charge is 2.15. The van der Waals surface area contributed by atoms with Gasteiger partial charge in [0.25, 0.3) is 0 Å². The molecule has 1 aromatic heterocycles. The Bertz CT molecular complexity index is 205. The van der Waals surface area contributed by atoms with Gasteiger partial charge >= 0.3 is 0 Å². The second kappa shape index (κ2) is 2.93. The molecule has 0 amide bonds. The number of rotatable bonds is 1. The molecule has 0 spiro atoms. The van der Waals surface area contributed by atoms with E-state index >= 15 is 0 Å². The Morgan fingerprint density at radius 2 is 2.64 bits per heavy atom. The molecule has 0 aliphatic carbocycles. The maximum Gasteiger partial charge on any atom is 0.224 e.